The predicted molar refractivity (Wildman–Crippen MR) is 89.9 cm³/mol. The average Bonchev–Trinajstić information content (AvgIpc) is 2.42. The van der Waals surface area contributed by atoms with Crippen LogP contribution >= 0.6 is 0 Å². The molecule has 0 radical (unpaired) electrons. The normalized spacial score (nSPS) is 11.5. The highest BCUT2D eigenvalue weighted by Gasteiger charge is 2.24. The second-order valence-corrected chi connectivity index (χ2v) is 7.40. The Kier molecular flexibility index (Phi) is 4.29. The summed E-state index contributed by atoms with van der Waals surface area (Å²) < 4.78 is 28.2. The molecule has 0 amide bonds. The minimum Gasteiger partial charge on any atom is -0.263 e. The number of nitrogens with one attached hydrogen (secondary N) is 1. The largest absolute Gasteiger partial charge is 0.263 e. The van der Waals surface area contributed by atoms with Crippen LogP contribution < -0.4 is 4.72 Å². The van der Waals surface area contributed by atoms with Gasteiger partial charge in [-0.15, -0.1) is 0 Å². The fourth-order valence-electron chi connectivity index (χ4n) is 2.65. The maximum absolute atomic E-state index is 12.8. The van der Waals surface area contributed by atoms with Crippen LogP contribution in [0.2, 0.25) is 0 Å². The van der Waals surface area contributed by atoms with Gasteiger partial charge in [-0.3, -0.25) is 4.72 Å². The molecule has 4 nitrogen and oxygen atoms in total. The van der Waals surface area contributed by atoms with Gasteiger partial charge in [-0.05, 0) is 87.1 Å². The lowest BCUT2D eigenvalue weighted by molar-refractivity contribution is 0.599. The van der Waals surface area contributed by atoms with Gasteiger partial charge in [-0.25, -0.2) is 13.4 Å². The lowest BCUT2D eigenvalue weighted by Crippen LogP contribution is -2.18. The number of aromatic nitrogens is 1. The number of hydrogen-bond donors (Lipinski definition) is 1. The predicted octanol–water partition coefficient (Wildman–Crippen LogP) is 3.73. The van der Waals surface area contributed by atoms with Crippen molar-refractivity contribution in [3.8, 4) is 0 Å². The van der Waals surface area contributed by atoms with Crippen molar-refractivity contribution in [1.82, 2.24) is 4.98 Å². The Labute approximate surface area is 132 Å². The molecule has 0 aliphatic carbocycles. The summed E-state index contributed by atoms with van der Waals surface area (Å²) in [7, 11) is -3.67. The van der Waals surface area contributed by atoms with Crippen molar-refractivity contribution in [2.24, 2.45) is 0 Å². The zero-order valence-electron chi connectivity index (χ0n) is 13.9. The first-order valence-corrected chi connectivity index (χ1v) is 8.66. The zero-order valence-corrected chi connectivity index (χ0v) is 14.7. The number of benzene rings is 1. The van der Waals surface area contributed by atoms with E-state index < -0.39 is 10.0 Å². The van der Waals surface area contributed by atoms with Crippen molar-refractivity contribution in [3.63, 3.8) is 0 Å². The van der Waals surface area contributed by atoms with Crippen molar-refractivity contribution in [3.05, 3.63) is 51.7 Å². The van der Waals surface area contributed by atoms with Crippen molar-refractivity contribution >= 4 is 15.8 Å². The number of anilines is 1. The Balaban J connectivity index is 2.60. The molecule has 2 aromatic rings. The van der Waals surface area contributed by atoms with Crippen LogP contribution in [0.4, 0.5) is 5.82 Å². The summed E-state index contributed by atoms with van der Waals surface area (Å²) in [4.78, 5) is 4.44. The lowest BCUT2D eigenvalue weighted by atomic mass is 9.95. The quantitative estimate of drug-likeness (QED) is 0.938. The van der Waals surface area contributed by atoms with Gasteiger partial charge in [0, 0.05) is 6.20 Å². The summed E-state index contributed by atoms with van der Waals surface area (Å²) in [5, 5.41) is 0. The minimum atomic E-state index is -3.67. The Morgan fingerprint density at radius 2 is 1.36 bits per heavy atom. The molecule has 22 heavy (non-hydrogen) atoms. The van der Waals surface area contributed by atoms with E-state index in [1.165, 1.54) is 0 Å². The number of rotatable bonds is 3. The Bertz CT molecular complexity index is 811. The minimum absolute atomic E-state index is 0.342. The average molecular weight is 318 g/mol. The topological polar surface area (TPSA) is 59.1 Å². The summed E-state index contributed by atoms with van der Waals surface area (Å²) in [6.07, 6.45) is 1.60. The van der Waals surface area contributed by atoms with Gasteiger partial charge in [0.2, 0.25) is 0 Å². The van der Waals surface area contributed by atoms with Gasteiger partial charge in [0.05, 0.1) is 4.90 Å². The molecular formula is C17H22N2O2S. The first-order valence-electron chi connectivity index (χ1n) is 7.17. The van der Waals surface area contributed by atoms with Gasteiger partial charge >= 0.3 is 0 Å². The molecule has 1 heterocycles. The number of aryl methyl sites for hydroxylation is 1. The first-order chi connectivity index (χ1) is 10.1. The molecule has 0 unspecified atom stereocenters. The van der Waals surface area contributed by atoms with E-state index in [2.05, 4.69) is 9.71 Å². The number of sulfonamides is 1. The summed E-state index contributed by atoms with van der Waals surface area (Å²) in [5.41, 5.74) is 5.71. The molecule has 0 spiro atoms. The van der Waals surface area contributed by atoms with Gasteiger partial charge < -0.3 is 0 Å². The van der Waals surface area contributed by atoms with Crippen LogP contribution in [0.5, 0.6) is 0 Å². The molecule has 1 N–H and O–H groups in total. The molecule has 0 bridgehead atoms. The second kappa shape index (κ2) is 5.72. The van der Waals surface area contributed by atoms with Crippen LogP contribution in [0.1, 0.15) is 33.4 Å². The molecule has 5 heteroatoms. The molecule has 0 saturated heterocycles. The van der Waals surface area contributed by atoms with Crippen LogP contribution in [0.3, 0.4) is 0 Å². The molecule has 0 saturated carbocycles. The lowest BCUT2D eigenvalue weighted by Gasteiger charge is -2.19. The van der Waals surface area contributed by atoms with Gasteiger partial charge in [0.1, 0.15) is 5.82 Å². The first kappa shape index (κ1) is 16.5. The zero-order chi connectivity index (χ0) is 16.7. The number of pyridine rings is 1. The van der Waals surface area contributed by atoms with Gasteiger partial charge in [0.15, 0.2) is 0 Å². The van der Waals surface area contributed by atoms with Crippen molar-refractivity contribution in [2.45, 2.75) is 46.4 Å². The smallest absolute Gasteiger partial charge is 0.263 e. The summed E-state index contributed by atoms with van der Waals surface area (Å²) in [6, 6.07) is 3.55. The standard InChI is InChI=1S/C17H22N2O2S/c1-10-7-8-18-16(9-10)19-22(20,21)17-14(5)12(3)11(2)13(4)15(17)6/h7-9H,1-6H3,(H,18,19). The van der Waals surface area contributed by atoms with Crippen LogP contribution in [-0.2, 0) is 10.0 Å². The maximum atomic E-state index is 12.8. The van der Waals surface area contributed by atoms with Crippen LogP contribution in [0.15, 0.2) is 23.2 Å². The third kappa shape index (κ3) is 2.86. The fraction of sp³-hybridized carbons (Fsp3) is 0.353. The van der Waals surface area contributed by atoms with E-state index in [0.717, 1.165) is 33.4 Å². The molecule has 1 aromatic heterocycles. The number of nitrogens with zero attached hydrogens (tertiary/aromatic N) is 1. The fourth-order valence-corrected chi connectivity index (χ4v) is 4.25. The van der Waals surface area contributed by atoms with Crippen molar-refractivity contribution in [2.75, 3.05) is 4.72 Å². The van der Waals surface area contributed by atoms with E-state index in [4.69, 9.17) is 0 Å². The third-order valence-electron chi connectivity index (χ3n) is 4.35. The molecule has 118 valence electrons. The molecule has 0 aliphatic rings. The molecule has 0 aliphatic heterocycles. The second-order valence-electron chi connectivity index (χ2n) is 5.78. The van der Waals surface area contributed by atoms with E-state index in [9.17, 15) is 8.42 Å². The highest BCUT2D eigenvalue weighted by Crippen LogP contribution is 2.30. The van der Waals surface area contributed by atoms with E-state index in [-0.39, 0.29) is 0 Å². The molecule has 0 atom stereocenters. The van der Waals surface area contributed by atoms with Gasteiger partial charge in [0.25, 0.3) is 10.0 Å². The van der Waals surface area contributed by atoms with Crippen LogP contribution in [0.25, 0.3) is 0 Å². The monoisotopic (exact) mass is 318 g/mol. The summed E-state index contributed by atoms with van der Waals surface area (Å²) in [6.45, 7) is 11.6. The maximum Gasteiger partial charge on any atom is 0.263 e. The summed E-state index contributed by atoms with van der Waals surface area (Å²) in [5.74, 6) is 0.342. The summed E-state index contributed by atoms with van der Waals surface area (Å²) >= 11 is 0. The van der Waals surface area contributed by atoms with E-state index in [0.29, 0.717) is 10.7 Å². The SMILES string of the molecule is Cc1ccnc(NS(=O)(=O)c2c(C)c(C)c(C)c(C)c2C)c1. The van der Waals surface area contributed by atoms with E-state index in [1.54, 1.807) is 12.3 Å². The number of hydrogen-bond acceptors (Lipinski definition) is 3. The van der Waals surface area contributed by atoms with Crippen LogP contribution in [0, 0.1) is 41.5 Å². The Hall–Kier alpha value is -1.88. The van der Waals surface area contributed by atoms with E-state index in [1.807, 2.05) is 47.6 Å². The van der Waals surface area contributed by atoms with Crippen molar-refractivity contribution in [1.29, 1.82) is 0 Å². The highest BCUT2D eigenvalue weighted by molar-refractivity contribution is 7.92. The van der Waals surface area contributed by atoms with Gasteiger partial charge in [-0.1, -0.05) is 0 Å². The molecule has 1 aromatic carbocycles. The molecular weight excluding hydrogens is 296 g/mol. The van der Waals surface area contributed by atoms with E-state index >= 15 is 0 Å². The molecule has 0 fully saturated rings. The van der Waals surface area contributed by atoms with Crippen LogP contribution in [-0.4, -0.2) is 13.4 Å². The van der Waals surface area contributed by atoms with Crippen molar-refractivity contribution < 1.29 is 8.42 Å². The Morgan fingerprint density at radius 1 is 0.864 bits per heavy atom. The highest BCUT2D eigenvalue weighted by atomic mass is 32.2. The Morgan fingerprint density at radius 3 is 1.86 bits per heavy atom. The molecule has 2 rings (SSSR count). The third-order valence-corrected chi connectivity index (χ3v) is 5.98. The van der Waals surface area contributed by atoms with Gasteiger partial charge in [-0.2, -0.15) is 0 Å².